The molecule has 124 valence electrons. The molecule has 0 saturated heterocycles. The fourth-order valence-electron chi connectivity index (χ4n) is 2.39. The molecule has 0 aromatic heterocycles. The third-order valence-corrected chi connectivity index (χ3v) is 4.03. The number of phenols is 2. The molecule has 0 radical (unpaired) electrons. The molecule has 6 nitrogen and oxygen atoms in total. The first-order chi connectivity index (χ1) is 10.7. The van der Waals surface area contributed by atoms with Crippen molar-refractivity contribution in [1.29, 1.82) is 0 Å². The van der Waals surface area contributed by atoms with E-state index in [1.165, 1.54) is 12.1 Å². The van der Waals surface area contributed by atoms with Crippen molar-refractivity contribution < 1.29 is 19.7 Å². The molecule has 0 amide bonds. The summed E-state index contributed by atoms with van der Waals surface area (Å²) in [5.74, 6) is -0.664. The SMILES string of the molecule is CC1=C(C(=O)OC(C)C)C(c2ccc(O)cc2O)NC(=S)N1C. The normalized spacial score (nSPS) is 18.2. The summed E-state index contributed by atoms with van der Waals surface area (Å²) in [5.41, 5.74) is 1.46. The number of allylic oxidation sites excluding steroid dienone is 1. The molecule has 0 bridgehead atoms. The third-order valence-electron chi connectivity index (χ3n) is 3.64. The molecule has 3 N–H and O–H groups in total. The van der Waals surface area contributed by atoms with Gasteiger partial charge in [-0.3, -0.25) is 0 Å². The van der Waals surface area contributed by atoms with Crippen LogP contribution in [-0.2, 0) is 9.53 Å². The second-order valence-electron chi connectivity index (χ2n) is 5.64. The number of hydrogen-bond acceptors (Lipinski definition) is 5. The van der Waals surface area contributed by atoms with Crippen molar-refractivity contribution in [2.75, 3.05) is 7.05 Å². The first-order valence-corrected chi connectivity index (χ1v) is 7.61. The number of hydrogen-bond donors (Lipinski definition) is 3. The molecule has 1 heterocycles. The van der Waals surface area contributed by atoms with Gasteiger partial charge in [0.15, 0.2) is 5.11 Å². The highest BCUT2D eigenvalue weighted by atomic mass is 32.1. The lowest BCUT2D eigenvalue weighted by atomic mass is 9.94. The summed E-state index contributed by atoms with van der Waals surface area (Å²) < 4.78 is 5.32. The van der Waals surface area contributed by atoms with E-state index >= 15 is 0 Å². The highest BCUT2D eigenvalue weighted by molar-refractivity contribution is 7.80. The predicted octanol–water partition coefficient (Wildman–Crippen LogP) is 2.18. The lowest BCUT2D eigenvalue weighted by molar-refractivity contribution is -0.143. The molecule has 23 heavy (non-hydrogen) atoms. The third kappa shape index (κ3) is 3.39. The van der Waals surface area contributed by atoms with Crippen LogP contribution in [0.15, 0.2) is 29.5 Å². The number of aromatic hydroxyl groups is 2. The maximum absolute atomic E-state index is 12.5. The van der Waals surface area contributed by atoms with Gasteiger partial charge in [0, 0.05) is 24.4 Å². The molecule has 1 atom stereocenters. The van der Waals surface area contributed by atoms with Gasteiger partial charge in [0.25, 0.3) is 0 Å². The predicted molar refractivity (Wildman–Crippen MR) is 89.9 cm³/mol. The van der Waals surface area contributed by atoms with Crippen LogP contribution < -0.4 is 5.32 Å². The van der Waals surface area contributed by atoms with E-state index in [0.717, 1.165) is 0 Å². The first-order valence-electron chi connectivity index (χ1n) is 7.20. The van der Waals surface area contributed by atoms with E-state index < -0.39 is 12.0 Å². The van der Waals surface area contributed by atoms with Crippen molar-refractivity contribution in [3.63, 3.8) is 0 Å². The maximum atomic E-state index is 12.5. The van der Waals surface area contributed by atoms with Crippen LogP contribution in [0.25, 0.3) is 0 Å². The Hall–Kier alpha value is -2.28. The van der Waals surface area contributed by atoms with Crippen molar-refractivity contribution in [3.8, 4) is 11.5 Å². The summed E-state index contributed by atoms with van der Waals surface area (Å²) in [4.78, 5) is 14.2. The minimum Gasteiger partial charge on any atom is -0.508 e. The molecule has 1 aliphatic heterocycles. The highest BCUT2D eigenvalue weighted by Crippen LogP contribution is 2.36. The minimum atomic E-state index is -0.648. The maximum Gasteiger partial charge on any atom is 0.338 e. The summed E-state index contributed by atoms with van der Waals surface area (Å²) in [6.45, 7) is 5.31. The van der Waals surface area contributed by atoms with Crippen LogP contribution in [0.2, 0.25) is 0 Å². The van der Waals surface area contributed by atoms with E-state index in [2.05, 4.69) is 5.32 Å². The number of thiocarbonyl (C=S) groups is 1. The van der Waals surface area contributed by atoms with Crippen molar-refractivity contribution in [1.82, 2.24) is 10.2 Å². The highest BCUT2D eigenvalue weighted by Gasteiger charge is 2.35. The van der Waals surface area contributed by atoms with E-state index in [4.69, 9.17) is 17.0 Å². The second kappa shape index (κ2) is 6.45. The zero-order chi connectivity index (χ0) is 17.3. The van der Waals surface area contributed by atoms with Crippen LogP contribution in [0.3, 0.4) is 0 Å². The van der Waals surface area contributed by atoms with E-state index in [0.29, 0.717) is 21.9 Å². The summed E-state index contributed by atoms with van der Waals surface area (Å²) in [6.07, 6.45) is -0.268. The van der Waals surface area contributed by atoms with Crippen LogP contribution in [-0.4, -0.2) is 39.3 Å². The van der Waals surface area contributed by atoms with Gasteiger partial charge in [-0.15, -0.1) is 0 Å². The summed E-state index contributed by atoms with van der Waals surface area (Å²) in [7, 11) is 1.75. The summed E-state index contributed by atoms with van der Waals surface area (Å²) in [6, 6.07) is 3.56. The van der Waals surface area contributed by atoms with E-state index in [1.807, 2.05) is 0 Å². The fourth-order valence-corrected chi connectivity index (χ4v) is 2.64. The Morgan fingerprint density at radius 1 is 1.39 bits per heavy atom. The number of rotatable bonds is 3. The van der Waals surface area contributed by atoms with Crippen molar-refractivity contribution in [2.24, 2.45) is 0 Å². The first kappa shape index (κ1) is 17.1. The van der Waals surface area contributed by atoms with Gasteiger partial charge in [-0.25, -0.2) is 4.79 Å². The molecule has 1 aliphatic rings. The average Bonchev–Trinajstić information content (AvgIpc) is 2.43. The van der Waals surface area contributed by atoms with Crippen LogP contribution in [0.5, 0.6) is 11.5 Å². The number of carbonyl (C=O) groups excluding carboxylic acids is 1. The van der Waals surface area contributed by atoms with Crippen LogP contribution in [0, 0.1) is 0 Å². The number of ether oxygens (including phenoxy) is 1. The fraction of sp³-hybridized carbons (Fsp3) is 0.375. The lowest BCUT2D eigenvalue weighted by Gasteiger charge is -2.35. The second-order valence-corrected chi connectivity index (χ2v) is 6.02. The van der Waals surface area contributed by atoms with Gasteiger partial charge < -0.3 is 25.2 Å². The van der Waals surface area contributed by atoms with Gasteiger partial charge in [0.1, 0.15) is 11.5 Å². The molecule has 0 fully saturated rings. The quantitative estimate of drug-likeness (QED) is 0.576. The van der Waals surface area contributed by atoms with Crippen molar-refractivity contribution >= 4 is 23.3 Å². The van der Waals surface area contributed by atoms with Crippen LogP contribution >= 0.6 is 12.2 Å². The summed E-state index contributed by atoms with van der Waals surface area (Å²) in [5, 5.41) is 23.1. The zero-order valence-electron chi connectivity index (χ0n) is 13.5. The van der Waals surface area contributed by atoms with Crippen molar-refractivity contribution in [2.45, 2.75) is 32.9 Å². The van der Waals surface area contributed by atoms with Gasteiger partial charge in [-0.05, 0) is 45.1 Å². The molecule has 0 aliphatic carbocycles. The Morgan fingerprint density at radius 2 is 2.04 bits per heavy atom. The van der Waals surface area contributed by atoms with Gasteiger partial charge in [0.2, 0.25) is 0 Å². The molecule has 1 aromatic carbocycles. The van der Waals surface area contributed by atoms with Gasteiger partial charge in [-0.1, -0.05) is 0 Å². The number of phenolic OH excluding ortho intramolecular Hbond substituents is 2. The number of nitrogens with one attached hydrogen (secondary N) is 1. The Bertz CT molecular complexity index is 685. The topological polar surface area (TPSA) is 82.0 Å². The molecular formula is C16H20N2O4S. The molecule has 1 aromatic rings. The van der Waals surface area contributed by atoms with E-state index in [1.54, 1.807) is 38.8 Å². The monoisotopic (exact) mass is 336 g/mol. The molecule has 7 heteroatoms. The molecule has 1 unspecified atom stereocenters. The van der Waals surface area contributed by atoms with Crippen LogP contribution in [0.4, 0.5) is 0 Å². The minimum absolute atomic E-state index is 0.0613. The van der Waals surface area contributed by atoms with Crippen LogP contribution in [0.1, 0.15) is 32.4 Å². The number of benzene rings is 1. The van der Waals surface area contributed by atoms with E-state index in [-0.39, 0.29) is 17.6 Å². The largest absolute Gasteiger partial charge is 0.508 e. The molecular weight excluding hydrogens is 316 g/mol. The number of nitrogens with zero attached hydrogens (tertiary/aromatic N) is 1. The summed E-state index contributed by atoms with van der Waals surface area (Å²) >= 11 is 5.28. The smallest absolute Gasteiger partial charge is 0.338 e. The Kier molecular flexibility index (Phi) is 4.79. The standard InChI is InChI=1S/C16H20N2O4S/c1-8(2)22-15(21)13-9(3)18(4)16(23)17-14(13)11-6-5-10(19)7-12(11)20/h5-8,14,19-20H,1-4H3,(H,17,23). The van der Waals surface area contributed by atoms with Gasteiger partial charge in [-0.2, -0.15) is 0 Å². The number of carbonyl (C=O) groups is 1. The Labute approximate surface area is 140 Å². The Balaban J connectivity index is 2.54. The van der Waals surface area contributed by atoms with Gasteiger partial charge in [0.05, 0.1) is 17.7 Å². The zero-order valence-corrected chi connectivity index (χ0v) is 14.3. The van der Waals surface area contributed by atoms with Crippen molar-refractivity contribution in [3.05, 3.63) is 35.0 Å². The average molecular weight is 336 g/mol. The van der Waals surface area contributed by atoms with Gasteiger partial charge >= 0.3 is 5.97 Å². The Morgan fingerprint density at radius 3 is 2.61 bits per heavy atom. The molecule has 2 rings (SSSR count). The van der Waals surface area contributed by atoms with E-state index in [9.17, 15) is 15.0 Å². The molecule has 0 saturated carbocycles. The number of esters is 1. The molecule has 0 spiro atoms. The lowest BCUT2D eigenvalue weighted by Crippen LogP contribution is -2.46.